The fourth-order valence-electron chi connectivity index (χ4n) is 7.04. The van der Waals surface area contributed by atoms with Gasteiger partial charge in [-0.3, -0.25) is 47.9 Å². The van der Waals surface area contributed by atoms with Crippen molar-refractivity contribution in [3.8, 4) is 0 Å². The number of nitrogens with two attached hydrogens (primary N) is 1. The van der Waals surface area contributed by atoms with E-state index in [4.69, 9.17) is 10.8 Å². The van der Waals surface area contributed by atoms with Crippen LogP contribution in [0, 0.1) is 18.3 Å². The van der Waals surface area contributed by atoms with Crippen molar-refractivity contribution in [2.24, 2.45) is 17.1 Å². The SMILES string of the molecule is CCCC[C@H](NC(=O)[C@H](CC(C)C)NC(=O)[C@@H](NC(=O)[C@H](Cc1ccccc1C)NC(=O)[C@H](CCC(=O)O)NC(=O)[C@@H]1CCCN1C(=O)CCC(=O)O)C(C)(C)C)C(=O)C(N)=O. The number of rotatable bonds is 25. The van der Waals surface area contributed by atoms with Crippen molar-refractivity contribution < 1.29 is 58.2 Å². The van der Waals surface area contributed by atoms with Crippen LogP contribution in [0.3, 0.4) is 0 Å². The lowest BCUT2D eigenvalue weighted by atomic mass is 9.85. The Hall–Kier alpha value is -5.88. The monoisotopic (exact) mass is 871 g/mol. The fraction of sp³-hybridized carbons (Fsp3) is 0.628. The summed E-state index contributed by atoms with van der Waals surface area (Å²) in [4.78, 5) is 131. The molecule has 0 aromatic heterocycles. The molecule has 0 radical (unpaired) electrons. The van der Waals surface area contributed by atoms with E-state index in [1.165, 1.54) is 4.90 Å². The van der Waals surface area contributed by atoms with Crippen molar-refractivity contribution in [2.45, 2.75) is 155 Å². The number of Topliss-reactive ketones (excluding diaryl/α,β-unsaturated/α-hetero) is 1. The van der Waals surface area contributed by atoms with E-state index in [0.29, 0.717) is 24.8 Å². The summed E-state index contributed by atoms with van der Waals surface area (Å²) in [6.45, 7) is 12.5. The van der Waals surface area contributed by atoms with Gasteiger partial charge in [-0.25, -0.2) is 0 Å². The third-order valence-electron chi connectivity index (χ3n) is 10.5. The lowest BCUT2D eigenvalue weighted by molar-refractivity contribution is -0.143. The average molecular weight is 872 g/mol. The zero-order valence-electron chi connectivity index (χ0n) is 36.8. The molecule has 1 aliphatic rings. The number of hydrogen-bond acceptors (Lipinski definition) is 10. The number of aryl methyl sites for hydroxylation is 1. The Kier molecular flexibility index (Phi) is 20.7. The Morgan fingerprint density at radius 3 is 1.90 bits per heavy atom. The van der Waals surface area contributed by atoms with E-state index >= 15 is 0 Å². The highest BCUT2D eigenvalue weighted by atomic mass is 16.4. The number of carbonyl (C=O) groups excluding carboxylic acids is 8. The molecule has 0 bridgehead atoms. The Labute approximate surface area is 362 Å². The van der Waals surface area contributed by atoms with Crippen LogP contribution in [0.4, 0.5) is 0 Å². The third-order valence-corrected chi connectivity index (χ3v) is 10.5. The van der Waals surface area contributed by atoms with Crippen LogP contribution in [0.1, 0.15) is 117 Å². The molecule has 6 atom stereocenters. The molecule has 1 aromatic rings. The number of amides is 7. The number of hydrogen-bond donors (Lipinski definition) is 8. The molecule has 2 rings (SSSR count). The van der Waals surface area contributed by atoms with Gasteiger partial charge in [-0.2, -0.15) is 0 Å². The summed E-state index contributed by atoms with van der Waals surface area (Å²) < 4.78 is 0. The first-order valence-electron chi connectivity index (χ1n) is 21.1. The fourth-order valence-corrected chi connectivity index (χ4v) is 7.04. The van der Waals surface area contributed by atoms with Crippen molar-refractivity contribution in [3.05, 3.63) is 35.4 Å². The summed E-state index contributed by atoms with van der Waals surface area (Å²) >= 11 is 0. The summed E-state index contributed by atoms with van der Waals surface area (Å²) in [5.41, 5.74) is 5.67. The Bertz CT molecular complexity index is 1810. The smallest absolute Gasteiger partial charge is 0.303 e. The molecule has 0 aliphatic carbocycles. The molecule has 62 heavy (non-hydrogen) atoms. The zero-order chi connectivity index (χ0) is 46.9. The number of unbranched alkanes of at least 4 members (excludes halogenated alkanes) is 1. The minimum absolute atomic E-state index is 0.0950. The minimum atomic E-state index is -1.48. The van der Waals surface area contributed by atoms with Gasteiger partial charge in [0.1, 0.15) is 30.2 Å². The van der Waals surface area contributed by atoms with Crippen LogP contribution in [-0.4, -0.2) is 117 Å². The summed E-state index contributed by atoms with van der Waals surface area (Å²) in [6, 6.07) is -0.586. The molecule has 1 aromatic carbocycles. The van der Waals surface area contributed by atoms with Gasteiger partial charge in [-0.15, -0.1) is 0 Å². The predicted octanol–water partition coefficient (Wildman–Crippen LogP) is 1.02. The number of carbonyl (C=O) groups is 10. The van der Waals surface area contributed by atoms with E-state index in [9.17, 15) is 53.1 Å². The van der Waals surface area contributed by atoms with Crippen LogP contribution in [-0.2, 0) is 54.4 Å². The van der Waals surface area contributed by atoms with Gasteiger partial charge in [0.15, 0.2) is 0 Å². The van der Waals surface area contributed by atoms with Crippen LogP contribution in [0.25, 0.3) is 0 Å². The van der Waals surface area contributed by atoms with Gasteiger partial charge in [-0.1, -0.05) is 78.6 Å². The van der Waals surface area contributed by atoms with Crippen LogP contribution in [0.2, 0.25) is 0 Å². The molecular weight excluding hydrogens is 807 g/mol. The molecule has 0 saturated carbocycles. The van der Waals surface area contributed by atoms with E-state index in [2.05, 4.69) is 26.6 Å². The van der Waals surface area contributed by atoms with Crippen molar-refractivity contribution in [3.63, 3.8) is 0 Å². The largest absolute Gasteiger partial charge is 0.481 e. The number of carboxylic acids is 2. The van der Waals surface area contributed by atoms with E-state index in [1.54, 1.807) is 52.0 Å². The molecule has 7 amide bonds. The van der Waals surface area contributed by atoms with Gasteiger partial charge >= 0.3 is 11.9 Å². The molecule has 9 N–H and O–H groups in total. The lowest BCUT2D eigenvalue weighted by Crippen LogP contribution is -2.62. The number of nitrogens with zero attached hydrogens (tertiary/aromatic N) is 1. The van der Waals surface area contributed by atoms with E-state index in [0.717, 1.165) is 5.56 Å². The number of aliphatic carboxylic acids is 2. The number of likely N-dealkylation sites (tertiary alicyclic amines) is 1. The maximum Gasteiger partial charge on any atom is 0.303 e. The molecule has 19 heteroatoms. The summed E-state index contributed by atoms with van der Waals surface area (Å²) in [5.74, 6) is -9.31. The summed E-state index contributed by atoms with van der Waals surface area (Å²) in [6.07, 6.45) is 0.284. The lowest BCUT2D eigenvalue weighted by Gasteiger charge is -2.34. The van der Waals surface area contributed by atoms with E-state index in [-0.39, 0.29) is 51.0 Å². The maximum atomic E-state index is 14.4. The normalized spacial score (nSPS) is 16.2. The van der Waals surface area contributed by atoms with Gasteiger partial charge in [-0.05, 0) is 61.5 Å². The first-order chi connectivity index (χ1) is 29.0. The maximum absolute atomic E-state index is 14.4. The first-order valence-corrected chi connectivity index (χ1v) is 21.1. The molecule has 1 heterocycles. The second-order valence-electron chi connectivity index (χ2n) is 17.3. The number of ketones is 1. The van der Waals surface area contributed by atoms with Gasteiger partial charge in [0.05, 0.1) is 12.5 Å². The molecule has 0 unspecified atom stereocenters. The van der Waals surface area contributed by atoms with E-state index in [1.807, 2.05) is 20.8 Å². The zero-order valence-corrected chi connectivity index (χ0v) is 36.8. The molecule has 1 saturated heterocycles. The van der Waals surface area contributed by atoms with Crippen molar-refractivity contribution in [1.29, 1.82) is 0 Å². The second-order valence-corrected chi connectivity index (χ2v) is 17.3. The number of primary amides is 1. The standard InChI is InChI=1S/C43H65N7O12/c1-8-9-15-27(35(56)37(44)57)45-39(59)29(22-24(2)3)48-42(62)36(43(5,6)7)49-40(60)30(23-26-14-11-10-13-25(26)4)47-38(58)28(17-19-33(52)53)46-41(61)31-16-12-21-50(31)32(51)18-20-34(54)55/h10-11,13-14,24,27-31,36H,8-9,12,15-23H2,1-7H3,(H2,44,57)(H,45,59)(H,46,61)(H,47,58)(H,48,62)(H,49,60)(H,52,53)(H,54,55)/t27-,28-,29-,30-,31-,36+/m0/s1. The molecular formula is C43H65N7O12. The molecule has 0 spiro atoms. The molecule has 19 nitrogen and oxygen atoms in total. The van der Waals surface area contributed by atoms with Crippen molar-refractivity contribution >= 4 is 59.1 Å². The quantitative estimate of drug-likeness (QED) is 0.0639. The number of carboxylic acid groups (broad SMARTS) is 2. The molecule has 1 fully saturated rings. The molecule has 344 valence electrons. The Morgan fingerprint density at radius 2 is 1.34 bits per heavy atom. The highest BCUT2D eigenvalue weighted by molar-refractivity contribution is 6.37. The Morgan fingerprint density at radius 1 is 0.758 bits per heavy atom. The van der Waals surface area contributed by atoms with Crippen LogP contribution < -0.4 is 32.3 Å². The third kappa shape index (κ3) is 16.9. The van der Waals surface area contributed by atoms with Gasteiger partial charge in [0.2, 0.25) is 41.2 Å². The minimum Gasteiger partial charge on any atom is -0.481 e. The van der Waals surface area contributed by atoms with Crippen LogP contribution >= 0.6 is 0 Å². The number of nitrogens with one attached hydrogen (secondary N) is 5. The topological polar surface area (TPSA) is 301 Å². The van der Waals surface area contributed by atoms with Gasteiger partial charge < -0.3 is 47.4 Å². The highest BCUT2D eigenvalue weighted by Crippen LogP contribution is 2.22. The first kappa shape index (κ1) is 52.3. The van der Waals surface area contributed by atoms with E-state index < -0.39 is 114 Å². The molecule has 1 aliphatic heterocycles. The van der Waals surface area contributed by atoms with Crippen molar-refractivity contribution in [2.75, 3.05) is 6.54 Å². The summed E-state index contributed by atoms with van der Waals surface area (Å²) in [7, 11) is 0. The second kappa shape index (κ2) is 24.5. The van der Waals surface area contributed by atoms with Crippen LogP contribution in [0.5, 0.6) is 0 Å². The van der Waals surface area contributed by atoms with Crippen molar-refractivity contribution in [1.82, 2.24) is 31.5 Å². The van der Waals surface area contributed by atoms with Gasteiger partial charge in [0, 0.05) is 25.8 Å². The van der Waals surface area contributed by atoms with Gasteiger partial charge in [0.25, 0.3) is 5.91 Å². The number of benzene rings is 1. The summed E-state index contributed by atoms with van der Waals surface area (Å²) in [5, 5.41) is 31.7. The van der Waals surface area contributed by atoms with Crippen LogP contribution in [0.15, 0.2) is 24.3 Å². The highest BCUT2D eigenvalue weighted by Gasteiger charge is 2.40. The predicted molar refractivity (Wildman–Crippen MR) is 226 cm³/mol. The Balaban J connectivity index is 2.45. The average Bonchev–Trinajstić information content (AvgIpc) is 3.68.